The summed E-state index contributed by atoms with van der Waals surface area (Å²) < 4.78 is 0. The molecule has 31 heavy (non-hydrogen) atoms. The molecule has 2 aromatic carbocycles. The van der Waals surface area contributed by atoms with Crippen LogP contribution >= 0.6 is 11.3 Å². The molecule has 1 aliphatic rings. The molecule has 1 fully saturated rings. The number of nitrogens with zero attached hydrogens (tertiary/aromatic N) is 1. The monoisotopic (exact) mass is 432 g/mol. The van der Waals surface area contributed by atoms with E-state index in [-0.39, 0.29) is 11.8 Å². The molecule has 5 heteroatoms. The first kappa shape index (κ1) is 21.3. The second-order valence-electron chi connectivity index (χ2n) is 8.04. The maximum Gasteiger partial charge on any atom is 0.253 e. The second-order valence-corrected chi connectivity index (χ2v) is 9.07. The summed E-state index contributed by atoms with van der Waals surface area (Å²) in [5.74, 6) is 0.551. The number of carbonyl (C=O) groups is 2. The van der Waals surface area contributed by atoms with Crippen molar-refractivity contribution in [1.82, 2.24) is 4.90 Å². The summed E-state index contributed by atoms with van der Waals surface area (Å²) in [6.07, 6.45) is 4.18. The summed E-state index contributed by atoms with van der Waals surface area (Å²) in [5, 5.41) is 5.00. The van der Waals surface area contributed by atoms with Gasteiger partial charge in [0.25, 0.3) is 5.91 Å². The smallest absolute Gasteiger partial charge is 0.253 e. The highest BCUT2D eigenvalue weighted by molar-refractivity contribution is 7.09. The quantitative estimate of drug-likeness (QED) is 0.518. The number of piperidine rings is 1. The number of thiophene rings is 1. The average Bonchev–Trinajstić information content (AvgIpc) is 3.33. The molecule has 4 nitrogen and oxygen atoms in total. The molecule has 0 aliphatic carbocycles. The van der Waals surface area contributed by atoms with E-state index in [0.29, 0.717) is 23.6 Å². The Morgan fingerprint density at radius 3 is 2.52 bits per heavy atom. The first-order valence-corrected chi connectivity index (χ1v) is 11.8. The third kappa shape index (κ3) is 5.82. The molecule has 1 aromatic heterocycles. The number of amides is 2. The fourth-order valence-electron chi connectivity index (χ4n) is 4.16. The Bertz CT molecular complexity index is 993. The Hall–Kier alpha value is -2.92. The van der Waals surface area contributed by atoms with Gasteiger partial charge < -0.3 is 10.2 Å². The first-order chi connectivity index (χ1) is 15.2. The first-order valence-electron chi connectivity index (χ1n) is 11.0. The lowest BCUT2D eigenvalue weighted by Crippen LogP contribution is -2.37. The molecule has 0 bridgehead atoms. The van der Waals surface area contributed by atoms with Crippen LogP contribution in [0.4, 0.5) is 5.69 Å². The summed E-state index contributed by atoms with van der Waals surface area (Å²) in [4.78, 5) is 28.5. The number of hydrogen-bond acceptors (Lipinski definition) is 3. The highest BCUT2D eigenvalue weighted by Crippen LogP contribution is 2.28. The van der Waals surface area contributed by atoms with E-state index in [1.165, 1.54) is 10.4 Å². The zero-order valence-corrected chi connectivity index (χ0v) is 18.4. The molecule has 1 N–H and O–H groups in total. The molecule has 0 atom stereocenters. The molecule has 0 spiro atoms. The fourth-order valence-corrected chi connectivity index (χ4v) is 4.91. The van der Waals surface area contributed by atoms with Crippen molar-refractivity contribution in [1.29, 1.82) is 0 Å². The van der Waals surface area contributed by atoms with Gasteiger partial charge in [-0.3, -0.25) is 9.59 Å². The molecule has 3 aromatic rings. The van der Waals surface area contributed by atoms with Crippen LogP contribution in [-0.4, -0.2) is 29.8 Å². The van der Waals surface area contributed by atoms with Gasteiger partial charge in [0.15, 0.2) is 0 Å². The molecular formula is C26H28N2O2S. The van der Waals surface area contributed by atoms with Crippen LogP contribution in [0.2, 0.25) is 0 Å². The minimum atomic E-state index is -0.00942. The second kappa shape index (κ2) is 10.4. The molecule has 2 amide bonds. The van der Waals surface area contributed by atoms with E-state index in [2.05, 4.69) is 41.0 Å². The van der Waals surface area contributed by atoms with Gasteiger partial charge in [-0.2, -0.15) is 0 Å². The Balaban J connectivity index is 1.28. The van der Waals surface area contributed by atoms with Crippen LogP contribution in [0.25, 0.3) is 0 Å². The maximum absolute atomic E-state index is 13.0. The van der Waals surface area contributed by atoms with E-state index in [1.807, 2.05) is 35.2 Å². The predicted octanol–water partition coefficient (Wildman–Crippen LogP) is 5.73. The van der Waals surface area contributed by atoms with Crippen molar-refractivity contribution in [3.05, 3.63) is 88.1 Å². The van der Waals surface area contributed by atoms with Gasteiger partial charge >= 0.3 is 0 Å². The highest BCUT2D eigenvalue weighted by atomic mass is 32.1. The van der Waals surface area contributed by atoms with E-state index >= 15 is 0 Å². The van der Waals surface area contributed by atoms with Crippen LogP contribution < -0.4 is 5.32 Å². The van der Waals surface area contributed by atoms with E-state index in [0.717, 1.165) is 38.8 Å². The normalized spacial score (nSPS) is 14.4. The number of nitrogens with one attached hydrogen (secondary N) is 1. The van der Waals surface area contributed by atoms with Gasteiger partial charge in [-0.15, -0.1) is 11.3 Å². The van der Waals surface area contributed by atoms with Crippen LogP contribution in [-0.2, 0) is 11.2 Å². The van der Waals surface area contributed by atoms with Crippen molar-refractivity contribution in [2.24, 2.45) is 0 Å². The fraction of sp³-hybridized carbons (Fsp3) is 0.308. The summed E-state index contributed by atoms with van der Waals surface area (Å²) in [6.45, 7) is 1.52. The molecular weight excluding hydrogens is 404 g/mol. The molecule has 0 unspecified atom stereocenters. The zero-order valence-electron chi connectivity index (χ0n) is 17.6. The average molecular weight is 433 g/mol. The van der Waals surface area contributed by atoms with Crippen molar-refractivity contribution in [3.8, 4) is 0 Å². The maximum atomic E-state index is 13.0. The van der Waals surface area contributed by atoms with Crippen molar-refractivity contribution in [2.75, 3.05) is 18.4 Å². The van der Waals surface area contributed by atoms with E-state index in [4.69, 9.17) is 0 Å². The number of aryl methyl sites for hydroxylation is 1. The third-order valence-electron chi connectivity index (χ3n) is 5.85. The molecule has 1 aliphatic heterocycles. The SMILES string of the molecule is O=C(CCCc1cccs1)Nc1cccc(C(=O)N2CCC(c3ccccc3)CC2)c1. The summed E-state index contributed by atoms with van der Waals surface area (Å²) in [6, 6.07) is 22.0. The van der Waals surface area contributed by atoms with Gasteiger partial charge in [0, 0.05) is 35.6 Å². The standard InChI is InChI=1S/C26H28N2O2S/c29-25(13-5-11-24-12-6-18-31-24)27-23-10-4-9-22(19-23)26(30)28-16-14-21(15-17-28)20-7-2-1-3-8-20/h1-4,6-10,12,18-19,21H,5,11,13-17H2,(H,27,29). The van der Waals surface area contributed by atoms with Gasteiger partial charge in [-0.1, -0.05) is 42.5 Å². The molecule has 0 radical (unpaired) electrons. The molecule has 4 rings (SSSR count). The number of rotatable bonds is 7. The van der Waals surface area contributed by atoms with Crippen molar-refractivity contribution >= 4 is 28.8 Å². The van der Waals surface area contributed by atoms with E-state index < -0.39 is 0 Å². The van der Waals surface area contributed by atoms with Gasteiger partial charge in [-0.05, 0) is 66.8 Å². The summed E-state index contributed by atoms with van der Waals surface area (Å²) >= 11 is 1.72. The Kier molecular flexibility index (Phi) is 7.15. The Morgan fingerprint density at radius 2 is 1.77 bits per heavy atom. The van der Waals surface area contributed by atoms with Crippen molar-refractivity contribution in [3.63, 3.8) is 0 Å². The van der Waals surface area contributed by atoms with E-state index in [1.54, 1.807) is 17.4 Å². The molecule has 160 valence electrons. The number of likely N-dealkylation sites (tertiary alicyclic amines) is 1. The Labute approximate surface area is 187 Å². The number of benzene rings is 2. The molecule has 2 heterocycles. The number of anilines is 1. The van der Waals surface area contributed by atoms with E-state index in [9.17, 15) is 9.59 Å². The van der Waals surface area contributed by atoms with Gasteiger partial charge in [-0.25, -0.2) is 0 Å². The number of carbonyl (C=O) groups excluding carboxylic acids is 2. The predicted molar refractivity (Wildman–Crippen MR) is 127 cm³/mol. The van der Waals surface area contributed by atoms with Crippen molar-refractivity contribution in [2.45, 2.75) is 38.0 Å². The van der Waals surface area contributed by atoms with Gasteiger partial charge in [0.2, 0.25) is 5.91 Å². The largest absolute Gasteiger partial charge is 0.339 e. The topological polar surface area (TPSA) is 49.4 Å². The third-order valence-corrected chi connectivity index (χ3v) is 6.79. The van der Waals surface area contributed by atoms with Crippen LogP contribution in [0.1, 0.15) is 52.4 Å². The molecule has 1 saturated heterocycles. The zero-order chi connectivity index (χ0) is 21.5. The minimum Gasteiger partial charge on any atom is -0.339 e. The molecule has 0 saturated carbocycles. The lowest BCUT2D eigenvalue weighted by Gasteiger charge is -2.32. The highest BCUT2D eigenvalue weighted by Gasteiger charge is 2.24. The summed E-state index contributed by atoms with van der Waals surface area (Å²) in [5.41, 5.74) is 2.68. The minimum absolute atomic E-state index is 0.00942. The summed E-state index contributed by atoms with van der Waals surface area (Å²) in [7, 11) is 0. The van der Waals surface area contributed by atoms with Gasteiger partial charge in [0.1, 0.15) is 0 Å². The van der Waals surface area contributed by atoms with Gasteiger partial charge in [0.05, 0.1) is 0 Å². The van der Waals surface area contributed by atoms with Crippen LogP contribution in [0.15, 0.2) is 72.1 Å². The number of hydrogen-bond donors (Lipinski definition) is 1. The van der Waals surface area contributed by atoms with Crippen LogP contribution in [0.3, 0.4) is 0 Å². The lowest BCUT2D eigenvalue weighted by atomic mass is 9.89. The van der Waals surface area contributed by atoms with Crippen LogP contribution in [0, 0.1) is 0 Å². The van der Waals surface area contributed by atoms with Crippen molar-refractivity contribution < 1.29 is 9.59 Å². The lowest BCUT2D eigenvalue weighted by molar-refractivity contribution is -0.116. The van der Waals surface area contributed by atoms with Crippen LogP contribution in [0.5, 0.6) is 0 Å². The Morgan fingerprint density at radius 1 is 0.968 bits per heavy atom.